The van der Waals surface area contributed by atoms with Gasteiger partial charge in [-0.2, -0.15) is 0 Å². The lowest BCUT2D eigenvalue weighted by Crippen LogP contribution is -2.36. The van der Waals surface area contributed by atoms with Crippen LogP contribution in [0.5, 0.6) is 5.75 Å². The van der Waals surface area contributed by atoms with Gasteiger partial charge in [0.1, 0.15) is 12.3 Å². The summed E-state index contributed by atoms with van der Waals surface area (Å²) in [6.45, 7) is 3.45. The van der Waals surface area contributed by atoms with E-state index < -0.39 is 17.1 Å². The average Bonchev–Trinajstić information content (AvgIpc) is 3.02. The molecule has 0 atom stereocenters. The molecule has 0 bridgehead atoms. The van der Waals surface area contributed by atoms with Crippen LogP contribution in [0.4, 0.5) is 10.5 Å². The molecule has 0 saturated carbocycles. The van der Waals surface area contributed by atoms with Crippen molar-refractivity contribution >= 4 is 63.0 Å². The second kappa shape index (κ2) is 9.68. The average molecular weight is 481 g/mol. The van der Waals surface area contributed by atoms with E-state index in [0.29, 0.717) is 16.5 Å². The Morgan fingerprint density at radius 2 is 1.91 bits per heavy atom. The molecule has 4 rings (SSSR count). The van der Waals surface area contributed by atoms with Crippen molar-refractivity contribution in [1.29, 1.82) is 0 Å². The third-order valence-corrected chi connectivity index (χ3v) is 5.99. The first-order valence-electron chi connectivity index (χ1n) is 10.3. The van der Waals surface area contributed by atoms with E-state index in [1.807, 2.05) is 50.2 Å². The summed E-state index contributed by atoms with van der Waals surface area (Å²) in [4.78, 5) is 39.2. The summed E-state index contributed by atoms with van der Waals surface area (Å²) in [5.41, 5.74) is 1.21. The van der Waals surface area contributed by atoms with Crippen molar-refractivity contribution in [2.24, 2.45) is 0 Å². The number of thioether (sulfide) groups is 1. The van der Waals surface area contributed by atoms with Crippen LogP contribution in [-0.4, -0.2) is 34.6 Å². The minimum absolute atomic E-state index is 0.0661. The Morgan fingerprint density at radius 1 is 1.12 bits per heavy atom. The SMILES string of the molecule is CC(C)Oc1ccc2ccccc2c1/C=C1\SC(=O)N(CC(=O)Nc2cccc(Cl)c2)C1=O. The van der Waals surface area contributed by atoms with Crippen molar-refractivity contribution in [2.75, 3.05) is 11.9 Å². The molecule has 0 aromatic heterocycles. The summed E-state index contributed by atoms with van der Waals surface area (Å²) in [5.74, 6) is -0.390. The highest BCUT2D eigenvalue weighted by atomic mass is 35.5. The van der Waals surface area contributed by atoms with E-state index in [1.165, 1.54) is 0 Å². The molecule has 3 amide bonds. The van der Waals surface area contributed by atoms with E-state index >= 15 is 0 Å². The maximum absolute atomic E-state index is 13.0. The number of hydrogen-bond donors (Lipinski definition) is 1. The molecule has 1 fully saturated rings. The van der Waals surface area contributed by atoms with Crippen molar-refractivity contribution in [3.8, 4) is 5.75 Å². The summed E-state index contributed by atoms with van der Waals surface area (Å²) in [6.07, 6.45) is 1.60. The fourth-order valence-electron chi connectivity index (χ4n) is 3.46. The van der Waals surface area contributed by atoms with Crippen LogP contribution in [0.3, 0.4) is 0 Å². The number of imide groups is 1. The Balaban J connectivity index is 1.60. The molecular formula is C25H21ClN2O4S. The van der Waals surface area contributed by atoms with Gasteiger partial charge in [0, 0.05) is 16.3 Å². The predicted octanol–water partition coefficient (Wildman–Crippen LogP) is 5.96. The van der Waals surface area contributed by atoms with Gasteiger partial charge in [-0.15, -0.1) is 0 Å². The van der Waals surface area contributed by atoms with E-state index in [-0.39, 0.29) is 17.6 Å². The zero-order valence-electron chi connectivity index (χ0n) is 18.0. The van der Waals surface area contributed by atoms with Gasteiger partial charge >= 0.3 is 0 Å². The number of halogens is 1. The number of hydrogen-bond acceptors (Lipinski definition) is 5. The molecule has 6 nitrogen and oxygen atoms in total. The molecule has 168 valence electrons. The maximum Gasteiger partial charge on any atom is 0.294 e. The quantitative estimate of drug-likeness (QED) is 0.441. The van der Waals surface area contributed by atoms with Gasteiger partial charge in [0.2, 0.25) is 5.91 Å². The lowest BCUT2D eigenvalue weighted by Gasteiger charge is -2.15. The third-order valence-electron chi connectivity index (χ3n) is 4.85. The molecule has 3 aromatic carbocycles. The Labute approximate surface area is 200 Å². The molecule has 0 spiro atoms. The summed E-state index contributed by atoms with van der Waals surface area (Å²) >= 11 is 6.74. The van der Waals surface area contributed by atoms with Crippen LogP contribution in [0.15, 0.2) is 65.6 Å². The van der Waals surface area contributed by atoms with Gasteiger partial charge in [0.05, 0.1) is 11.0 Å². The number of rotatable bonds is 6. The number of carbonyl (C=O) groups excluding carboxylic acids is 3. The molecule has 0 unspecified atom stereocenters. The fraction of sp³-hybridized carbons (Fsp3) is 0.160. The van der Waals surface area contributed by atoms with Gasteiger partial charge in [-0.25, -0.2) is 0 Å². The van der Waals surface area contributed by atoms with Crippen LogP contribution < -0.4 is 10.1 Å². The largest absolute Gasteiger partial charge is 0.490 e. The molecule has 1 N–H and O–H groups in total. The predicted molar refractivity (Wildman–Crippen MR) is 132 cm³/mol. The van der Waals surface area contributed by atoms with Crippen LogP contribution in [0.2, 0.25) is 5.02 Å². The first kappa shape index (κ1) is 22.9. The Bertz CT molecular complexity index is 1290. The van der Waals surface area contributed by atoms with E-state index in [4.69, 9.17) is 16.3 Å². The number of fused-ring (bicyclic) bond motifs is 1. The van der Waals surface area contributed by atoms with Crippen molar-refractivity contribution in [3.63, 3.8) is 0 Å². The lowest BCUT2D eigenvalue weighted by molar-refractivity contribution is -0.127. The van der Waals surface area contributed by atoms with Gasteiger partial charge in [-0.3, -0.25) is 19.3 Å². The van der Waals surface area contributed by atoms with E-state index in [9.17, 15) is 14.4 Å². The van der Waals surface area contributed by atoms with Crippen LogP contribution >= 0.6 is 23.4 Å². The van der Waals surface area contributed by atoms with Crippen LogP contribution in [-0.2, 0) is 9.59 Å². The topological polar surface area (TPSA) is 75.7 Å². The Hall–Kier alpha value is -3.29. The molecular weight excluding hydrogens is 460 g/mol. The second-order valence-corrected chi connectivity index (χ2v) is 9.12. The monoisotopic (exact) mass is 480 g/mol. The zero-order chi connectivity index (χ0) is 23.5. The maximum atomic E-state index is 13.0. The van der Waals surface area contributed by atoms with Crippen molar-refractivity contribution in [1.82, 2.24) is 4.90 Å². The van der Waals surface area contributed by atoms with Gasteiger partial charge in [0.15, 0.2) is 0 Å². The summed E-state index contributed by atoms with van der Waals surface area (Å²) in [6, 6.07) is 18.2. The lowest BCUT2D eigenvalue weighted by atomic mass is 10.0. The molecule has 0 radical (unpaired) electrons. The number of nitrogens with one attached hydrogen (secondary N) is 1. The van der Waals surface area contributed by atoms with Crippen molar-refractivity contribution < 1.29 is 19.1 Å². The summed E-state index contributed by atoms with van der Waals surface area (Å²) < 4.78 is 5.95. The van der Waals surface area contributed by atoms with E-state index in [2.05, 4.69) is 5.32 Å². The summed E-state index contributed by atoms with van der Waals surface area (Å²) in [7, 11) is 0. The first-order chi connectivity index (χ1) is 15.8. The Kier molecular flexibility index (Phi) is 6.72. The van der Waals surface area contributed by atoms with Crippen LogP contribution in [0.25, 0.3) is 16.8 Å². The van der Waals surface area contributed by atoms with E-state index in [0.717, 1.165) is 33.0 Å². The number of ether oxygens (including phenoxy) is 1. The third kappa shape index (κ3) is 5.21. The first-order valence-corrected chi connectivity index (χ1v) is 11.5. The minimum atomic E-state index is -0.519. The van der Waals surface area contributed by atoms with Gasteiger partial charge < -0.3 is 10.1 Å². The smallest absolute Gasteiger partial charge is 0.294 e. The highest BCUT2D eigenvalue weighted by molar-refractivity contribution is 8.18. The zero-order valence-corrected chi connectivity index (χ0v) is 19.6. The molecule has 8 heteroatoms. The number of anilines is 1. The Morgan fingerprint density at radius 3 is 2.67 bits per heavy atom. The number of benzene rings is 3. The number of carbonyl (C=O) groups is 3. The van der Waals surface area contributed by atoms with Crippen molar-refractivity contribution in [2.45, 2.75) is 20.0 Å². The second-order valence-electron chi connectivity index (χ2n) is 7.69. The summed E-state index contributed by atoms with van der Waals surface area (Å²) in [5, 5.41) is 4.51. The molecule has 1 aliphatic heterocycles. The van der Waals surface area contributed by atoms with E-state index in [1.54, 1.807) is 30.3 Å². The molecule has 1 heterocycles. The van der Waals surface area contributed by atoms with Crippen LogP contribution in [0, 0.1) is 0 Å². The van der Waals surface area contributed by atoms with Gasteiger partial charge in [-0.05, 0) is 66.7 Å². The molecule has 0 aliphatic carbocycles. The minimum Gasteiger partial charge on any atom is -0.490 e. The molecule has 1 saturated heterocycles. The molecule has 3 aromatic rings. The number of nitrogens with zero attached hydrogens (tertiary/aromatic N) is 1. The molecule has 1 aliphatic rings. The van der Waals surface area contributed by atoms with Gasteiger partial charge in [-0.1, -0.05) is 48.0 Å². The standard InChI is InChI=1S/C25H21ClN2O4S/c1-15(2)32-21-11-10-16-6-3-4-9-19(16)20(21)13-22-24(30)28(25(31)33-22)14-23(29)27-18-8-5-7-17(26)12-18/h3-13,15H,14H2,1-2H3,(H,27,29)/b22-13-. The van der Waals surface area contributed by atoms with Crippen LogP contribution in [0.1, 0.15) is 19.4 Å². The normalized spacial score (nSPS) is 15.0. The highest BCUT2D eigenvalue weighted by Gasteiger charge is 2.36. The van der Waals surface area contributed by atoms with Gasteiger partial charge in [0.25, 0.3) is 11.1 Å². The highest BCUT2D eigenvalue weighted by Crippen LogP contribution is 2.37. The fourth-order valence-corrected chi connectivity index (χ4v) is 4.47. The molecule has 33 heavy (non-hydrogen) atoms. The number of amides is 3. The van der Waals surface area contributed by atoms with Crippen molar-refractivity contribution in [3.05, 3.63) is 76.2 Å².